The van der Waals surface area contributed by atoms with Crippen molar-refractivity contribution in [1.82, 2.24) is 4.90 Å². The molecule has 1 amide bonds. The van der Waals surface area contributed by atoms with Gasteiger partial charge >= 0.3 is 0 Å². The summed E-state index contributed by atoms with van der Waals surface area (Å²) in [6, 6.07) is 11.8. The largest absolute Gasteiger partial charge is 0.493 e. The first kappa shape index (κ1) is 18.0. The number of halogens is 1. The summed E-state index contributed by atoms with van der Waals surface area (Å²) >= 11 is 0. The molecule has 0 fully saturated rings. The van der Waals surface area contributed by atoms with E-state index in [9.17, 15) is 9.18 Å². The van der Waals surface area contributed by atoms with E-state index in [1.165, 1.54) is 12.1 Å². The number of carbonyl (C=O) groups excluding carboxylic acids is 1. The third-order valence-corrected chi connectivity index (χ3v) is 4.53. The Morgan fingerprint density at radius 3 is 2.69 bits per heavy atom. The monoisotopic (exact) mass is 355 g/mol. The second kappa shape index (κ2) is 8.04. The molecule has 0 aromatic heterocycles. The Balaban J connectivity index is 1.81. The van der Waals surface area contributed by atoms with Crippen LogP contribution in [0.15, 0.2) is 54.7 Å². The van der Waals surface area contributed by atoms with Crippen LogP contribution in [0.2, 0.25) is 0 Å². The smallest absolute Gasteiger partial charge is 0.231 e. The maximum Gasteiger partial charge on any atom is 0.231 e. The van der Waals surface area contributed by atoms with Gasteiger partial charge in [0.15, 0.2) is 11.5 Å². The fourth-order valence-corrected chi connectivity index (χ4v) is 3.24. The number of nitrogens with zero attached hydrogens (tertiary/aromatic N) is 1. The van der Waals surface area contributed by atoms with Crippen LogP contribution in [0.5, 0.6) is 11.5 Å². The number of ether oxygens (including phenoxy) is 2. The highest BCUT2D eigenvalue weighted by Crippen LogP contribution is 2.32. The van der Waals surface area contributed by atoms with Gasteiger partial charge < -0.3 is 14.4 Å². The van der Waals surface area contributed by atoms with Crippen LogP contribution in [0.4, 0.5) is 4.39 Å². The van der Waals surface area contributed by atoms with Gasteiger partial charge in [-0.2, -0.15) is 0 Å². The molecular formula is C21H22FNO3. The Morgan fingerprint density at radius 2 is 1.96 bits per heavy atom. The van der Waals surface area contributed by atoms with E-state index in [2.05, 4.69) is 0 Å². The average Bonchev–Trinajstić information content (AvgIpc) is 2.67. The van der Waals surface area contributed by atoms with Crippen molar-refractivity contribution >= 4 is 5.91 Å². The molecule has 2 aromatic rings. The standard InChI is InChI=1S/C21H22FNO3/c1-25-19-10-9-15(12-20(19)26-2)13-21(24)23-11-4-3-8-18(23)16-6-5-7-17(22)14-16/h4-7,9-12,14,18H,3,8,13H2,1-2H3/t18-/m0/s1. The quantitative estimate of drug-likeness (QED) is 0.804. The highest BCUT2D eigenvalue weighted by Gasteiger charge is 2.25. The lowest BCUT2D eigenvalue weighted by Gasteiger charge is -2.32. The van der Waals surface area contributed by atoms with Crippen molar-refractivity contribution in [2.24, 2.45) is 0 Å². The molecule has 5 heteroatoms. The van der Waals surface area contributed by atoms with Gasteiger partial charge in [-0.05, 0) is 48.2 Å². The van der Waals surface area contributed by atoms with E-state index < -0.39 is 0 Å². The number of allylic oxidation sites excluding steroid dienone is 1. The van der Waals surface area contributed by atoms with Crippen LogP contribution in [-0.2, 0) is 11.2 Å². The maximum absolute atomic E-state index is 13.6. The van der Waals surface area contributed by atoms with E-state index in [0.717, 1.165) is 24.0 Å². The van der Waals surface area contributed by atoms with E-state index in [4.69, 9.17) is 9.47 Å². The lowest BCUT2D eigenvalue weighted by molar-refractivity contribution is -0.130. The lowest BCUT2D eigenvalue weighted by Crippen LogP contribution is -2.33. The molecule has 0 spiro atoms. The Bertz CT molecular complexity index is 819. The first-order valence-corrected chi connectivity index (χ1v) is 8.56. The number of hydrogen-bond acceptors (Lipinski definition) is 3. The van der Waals surface area contributed by atoms with Crippen LogP contribution in [0, 0.1) is 5.82 Å². The number of amides is 1. The molecule has 0 saturated heterocycles. The zero-order valence-electron chi connectivity index (χ0n) is 14.9. The van der Waals surface area contributed by atoms with Gasteiger partial charge in [0.25, 0.3) is 0 Å². The first-order chi connectivity index (χ1) is 12.6. The molecule has 4 nitrogen and oxygen atoms in total. The van der Waals surface area contributed by atoms with Gasteiger partial charge in [0.1, 0.15) is 5.82 Å². The third-order valence-electron chi connectivity index (χ3n) is 4.53. The highest BCUT2D eigenvalue weighted by molar-refractivity contribution is 5.80. The molecule has 136 valence electrons. The molecule has 2 aromatic carbocycles. The summed E-state index contributed by atoms with van der Waals surface area (Å²) in [5.41, 5.74) is 1.65. The Kier molecular flexibility index (Phi) is 5.56. The van der Waals surface area contributed by atoms with Crippen molar-refractivity contribution in [1.29, 1.82) is 0 Å². The zero-order chi connectivity index (χ0) is 18.5. The van der Waals surface area contributed by atoms with Gasteiger partial charge in [0.05, 0.1) is 26.7 Å². The molecular weight excluding hydrogens is 333 g/mol. The van der Waals surface area contributed by atoms with Crippen LogP contribution in [0.25, 0.3) is 0 Å². The number of hydrogen-bond donors (Lipinski definition) is 0. The minimum atomic E-state index is -0.288. The normalized spacial score (nSPS) is 16.4. The second-order valence-corrected chi connectivity index (χ2v) is 6.20. The average molecular weight is 355 g/mol. The summed E-state index contributed by atoms with van der Waals surface area (Å²) in [4.78, 5) is 14.6. The van der Waals surface area contributed by atoms with Crippen molar-refractivity contribution in [3.63, 3.8) is 0 Å². The number of carbonyl (C=O) groups is 1. The van der Waals surface area contributed by atoms with Gasteiger partial charge in [-0.1, -0.05) is 24.3 Å². The maximum atomic E-state index is 13.6. The van der Waals surface area contributed by atoms with Crippen molar-refractivity contribution in [2.45, 2.75) is 25.3 Å². The van der Waals surface area contributed by atoms with Gasteiger partial charge in [0.2, 0.25) is 5.91 Å². The SMILES string of the molecule is COc1ccc(CC(=O)N2C=CCC[C@H]2c2cccc(F)c2)cc1OC. The minimum Gasteiger partial charge on any atom is -0.493 e. The number of benzene rings is 2. The van der Waals surface area contributed by atoms with E-state index in [1.54, 1.807) is 31.3 Å². The van der Waals surface area contributed by atoms with Crippen LogP contribution in [0.1, 0.15) is 30.0 Å². The lowest BCUT2D eigenvalue weighted by atomic mass is 9.97. The van der Waals surface area contributed by atoms with Gasteiger partial charge in [-0.3, -0.25) is 4.79 Å². The zero-order valence-corrected chi connectivity index (χ0v) is 14.9. The summed E-state index contributed by atoms with van der Waals surface area (Å²) in [5.74, 6) is 0.889. The molecule has 0 radical (unpaired) electrons. The molecule has 3 rings (SSSR count). The van der Waals surface area contributed by atoms with E-state index in [1.807, 2.05) is 30.5 Å². The molecule has 1 heterocycles. The number of methoxy groups -OCH3 is 2. The molecule has 0 bridgehead atoms. The Hall–Kier alpha value is -2.82. The van der Waals surface area contributed by atoms with Crippen LogP contribution < -0.4 is 9.47 Å². The van der Waals surface area contributed by atoms with Gasteiger partial charge in [-0.25, -0.2) is 4.39 Å². The van der Waals surface area contributed by atoms with E-state index in [-0.39, 0.29) is 24.2 Å². The predicted octanol–water partition coefficient (Wildman–Crippen LogP) is 4.26. The highest BCUT2D eigenvalue weighted by atomic mass is 19.1. The molecule has 1 aliphatic rings. The third kappa shape index (κ3) is 3.87. The van der Waals surface area contributed by atoms with Crippen molar-refractivity contribution < 1.29 is 18.7 Å². The van der Waals surface area contributed by atoms with Gasteiger partial charge in [-0.15, -0.1) is 0 Å². The molecule has 0 unspecified atom stereocenters. The molecule has 0 N–H and O–H groups in total. The van der Waals surface area contributed by atoms with Gasteiger partial charge in [0, 0.05) is 6.20 Å². The molecule has 1 aliphatic heterocycles. The van der Waals surface area contributed by atoms with E-state index >= 15 is 0 Å². The Labute approximate surface area is 152 Å². The van der Waals surface area contributed by atoms with E-state index in [0.29, 0.717) is 11.5 Å². The fraction of sp³-hybridized carbons (Fsp3) is 0.286. The molecule has 1 atom stereocenters. The van der Waals surface area contributed by atoms with Crippen molar-refractivity contribution in [3.05, 3.63) is 71.7 Å². The summed E-state index contributed by atoms with van der Waals surface area (Å²) in [7, 11) is 3.14. The Morgan fingerprint density at radius 1 is 1.15 bits per heavy atom. The van der Waals surface area contributed by atoms with Crippen LogP contribution >= 0.6 is 0 Å². The molecule has 26 heavy (non-hydrogen) atoms. The van der Waals surface area contributed by atoms with Crippen molar-refractivity contribution in [3.8, 4) is 11.5 Å². The second-order valence-electron chi connectivity index (χ2n) is 6.20. The molecule has 0 aliphatic carbocycles. The predicted molar refractivity (Wildman–Crippen MR) is 97.6 cm³/mol. The van der Waals surface area contributed by atoms with Crippen LogP contribution in [0.3, 0.4) is 0 Å². The summed E-state index contributed by atoms with van der Waals surface area (Å²) < 4.78 is 24.1. The van der Waals surface area contributed by atoms with Crippen molar-refractivity contribution in [2.75, 3.05) is 14.2 Å². The molecule has 0 saturated carbocycles. The first-order valence-electron chi connectivity index (χ1n) is 8.56. The topological polar surface area (TPSA) is 38.8 Å². The summed E-state index contributed by atoms with van der Waals surface area (Å²) in [6.07, 6.45) is 5.65. The summed E-state index contributed by atoms with van der Waals surface area (Å²) in [5, 5.41) is 0. The minimum absolute atomic E-state index is 0.0394. The van der Waals surface area contributed by atoms with Crippen LogP contribution in [-0.4, -0.2) is 25.0 Å². The number of rotatable bonds is 5. The fourth-order valence-electron chi connectivity index (χ4n) is 3.24. The summed E-state index contributed by atoms with van der Waals surface area (Å²) in [6.45, 7) is 0.